The number of benzene rings is 2. The number of hydrogen-bond donors (Lipinski definition) is 0. The van der Waals surface area contributed by atoms with Gasteiger partial charge in [0.2, 0.25) is 0 Å². The Morgan fingerprint density at radius 3 is 2.53 bits per heavy atom. The average Bonchev–Trinajstić information content (AvgIpc) is 2.70. The summed E-state index contributed by atoms with van der Waals surface area (Å²) in [6, 6.07) is 7.60. The van der Waals surface area contributed by atoms with Crippen molar-refractivity contribution in [1.82, 2.24) is 0 Å². The summed E-state index contributed by atoms with van der Waals surface area (Å²) in [5.74, 6) is -2.58. The van der Waals surface area contributed by atoms with Gasteiger partial charge in [0.15, 0.2) is 26.5 Å². The summed E-state index contributed by atoms with van der Waals surface area (Å²) in [5, 5.41) is 0.726. The van der Waals surface area contributed by atoms with Crippen LogP contribution in [0, 0.1) is 17.6 Å². The third-order valence-electron chi connectivity index (χ3n) is 5.89. The van der Waals surface area contributed by atoms with E-state index < -0.39 is 32.1 Å². The molecule has 0 bridgehead atoms. The number of sulfone groups is 1. The van der Waals surface area contributed by atoms with Crippen molar-refractivity contribution in [2.45, 2.75) is 41.9 Å². The van der Waals surface area contributed by atoms with Gasteiger partial charge in [-0.15, -0.1) is 0 Å². The van der Waals surface area contributed by atoms with E-state index in [4.69, 9.17) is 33.3 Å². The van der Waals surface area contributed by atoms with Crippen LogP contribution < -0.4 is 4.74 Å². The lowest BCUT2D eigenvalue weighted by atomic mass is 9.72. The highest BCUT2D eigenvalue weighted by atomic mass is 35.5. The predicted molar refractivity (Wildman–Crippen MR) is 113 cm³/mol. The summed E-state index contributed by atoms with van der Waals surface area (Å²) in [7, 11) is -4.14. The second kappa shape index (κ2) is 7.73. The first kappa shape index (κ1) is 21.5. The summed E-state index contributed by atoms with van der Waals surface area (Å²) in [4.78, 5) is -0.00112. The van der Waals surface area contributed by atoms with Gasteiger partial charge in [0.1, 0.15) is 10.6 Å². The smallest absolute Gasteiger partial charge is 0.188 e. The van der Waals surface area contributed by atoms with Crippen molar-refractivity contribution in [3.8, 4) is 5.75 Å². The third-order valence-corrected chi connectivity index (χ3v) is 8.83. The monoisotopic (exact) mass is 472 g/mol. The second-order valence-electron chi connectivity index (χ2n) is 7.59. The fourth-order valence-electron chi connectivity index (χ4n) is 4.64. The van der Waals surface area contributed by atoms with Crippen LogP contribution in [0.3, 0.4) is 0 Å². The maximum absolute atomic E-state index is 15.1. The molecule has 3 unspecified atom stereocenters. The SMILES string of the molecule is CC(=S)OC1CCC2(S(=O)(=O)c3ccc(Cl)cc3)c3c(F)ccc(F)c3OCC2C1. The largest absolute Gasteiger partial charge is 0.490 e. The van der Waals surface area contributed by atoms with Crippen LogP contribution in [0.5, 0.6) is 5.75 Å². The first-order chi connectivity index (χ1) is 14.2. The summed E-state index contributed by atoms with van der Waals surface area (Å²) in [6.45, 7) is 1.57. The lowest BCUT2D eigenvalue weighted by Crippen LogP contribution is -2.53. The van der Waals surface area contributed by atoms with Crippen molar-refractivity contribution in [3.63, 3.8) is 0 Å². The summed E-state index contributed by atoms with van der Waals surface area (Å²) in [6.07, 6.45) is 0.345. The van der Waals surface area contributed by atoms with Gasteiger partial charge in [-0.25, -0.2) is 17.2 Å². The molecule has 2 aromatic rings. The van der Waals surface area contributed by atoms with Crippen molar-refractivity contribution < 1.29 is 26.7 Å². The van der Waals surface area contributed by atoms with Crippen LogP contribution in [0.4, 0.5) is 8.78 Å². The fraction of sp³-hybridized carbons (Fsp3) is 0.381. The first-order valence-electron chi connectivity index (χ1n) is 9.45. The number of fused-ring (bicyclic) bond motifs is 3. The zero-order chi connectivity index (χ0) is 21.7. The maximum atomic E-state index is 15.1. The van der Waals surface area contributed by atoms with Gasteiger partial charge >= 0.3 is 0 Å². The van der Waals surface area contributed by atoms with E-state index in [0.29, 0.717) is 16.5 Å². The summed E-state index contributed by atoms with van der Waals surface area (Å²) < 4.78 is 67.1. The molecule has 0 amide bonds. The number of halogens is 3. The highest BCUT2D eigenvalue weighted by Gasteiger charge is 2.60. The zero-order valence-corrected chi connectivity index (χ0v) is 18.4. The van der Waals surface area contributed by atoms with E-state index in [9.17, 15) is 12.8 Å². The number of ether oxygens (including phenoxy) is 2. The molecule has 9 heteroatoms. The molecule has 0 saturated heterocycles. The normalized spacial score (nSPS) is 25.6. The van der Waals surface area contributed by atoms with Crippen molar-refractivity contribution in [2.24, 2.45) is 5.92 Å². The van der Waals surface area contributed by atoms with Gasteiger partial charge in [0, 0.05) is 17.9 Å². The standard InChI is InChI=1S/C21H19ClF2O4S2/c1-12(29)28-15-8-9-21(30(25,26)16-4-2-14(22)3-5-16)13(10-15)11-27-20-18(24)7-6-17(23)19(20)21/h2-7,13,15H,8-11H2,1H3. The molecule has 3 atom stereocenters. The molecule has 160 valence electrons. The maximum Gasteiger partial charge on any atom is 0.188 e. The average molecular weight is 473 g/mol. The van der Waals surface area contributed by atoms with E-state index in [2.05, 4.69) is 0 Å². The lowest BCUT2D eigenvalue weighted by Gasteiger charge is -2.48. The van der Waals surface area contributed by atoms with Crippen LogP contribution in [0.15, 0.2) is 41.3 Å². The molecule has 1 fully saturated rings. The zero-order valence-electron chi connectivity index (χ0n) is 16.0. The van der Waals surface area contributed by atoms with Crippen molar-refractivity contribution in [3.05, 3.63) is 58.6 Å². The molecule has 4 rings (SSSR count). The molecule has 0 N–H and O–H groups in total. The van der Waals surface area contributed by atoms with Crippen LogP contribution in [-0.2, 0) is 19.3 Å². The highest BCUT2D eigenvalue weighted by Crippen LogP contribution is 2.56. The van der Waals surface area contributed by atoms with Crippen LogP contribution >= 0.6 is 23.8 Å². The molecule has 1 saturated carbocycles. The minimum Gasteiger partial charge on any atom is -0.490 e. The Kier molecular flexibility index (Phi) is 5.53. The Morgan fingerprint density at radius 1 is 1.20 bits per heavy atom. The second-order valence-corrected chi connectivity index (χ2v) is 10.8. The van der Waals surface area contributed by atoms with Crippen molar-refractivity contribution >= 4 is 38.7 Å². The van der Waals surface area contributed by atoms with E-state index in [1.165, 1.54) is 24.3 Å². The molecule has 2 aliphatic rings. The molecule has 1 heterocycles. The van der Waals surface area contributed by atoms with Gasteiger partial charge in [-0.2, -0.15) is 0 Å². The molecule has 0 aromatic heterocycles. The van der Waals surface area contributed by atoms with Gasteiger partial charge in [-0.1, -0.05) is 11.6 Å². The van der Waals surface area contributed by atoms with Gasteiger partial charge in [-0.05, 0) is 67.9 Å². The third kappa shape index (κ3) is 3.29. The molecule has 4 nitrogen and oxygen atoms in total. The van der Waals surface area contributed by atoms with Crippen LogP contribution in [0.2, 0.25) is 5.02 Å². The number of hydrogen-bond acceptors (Lipinski definition) is 5. The first-order valence-corrected chi connectivity index (χ1v) is 11.7. The Hall–Kier alpha value is -1.77. The highest BCUT2D eigenvalue weighted by molar-refractivity contribution is 7.92. The summed E-state index contributed by atoms with van der Waals surface area (Å²) in [5.41, 5.74) is -0.244. The van der Waals surface area contributed by atoms with Crippen molar-refractivity contribution in [2.75, 3.05) is 6.61 Å². The van der Waals surface area contributed by atoms with Crippen LogP contribution in [0.1, 0.15) is 31.7 Å². The molecule has 1 aliphatic heterocycles. The van der Waals surface area contributed by atoms with Crippen LogP contribution in [0.25, 0.3) is 0 Å². The molecule has 2 aromatic carbocycles. The topological polar surface area (TPSA) is 52.6 Å². The molecule has 0 spiro atoms. The minimum atomic E-state index is -4.14. The van der Waals surface area contributed by atoms with E-state index in [0.717, 1.165) is 12.1 Å². The predicted octanol–water partition coefficient (Wildman–Crippen LogP) is 5.21. The fourth-order valence-corrected chi connectivity index (χ4v) is 7.27. The molecular formula is C21H19ClF2O4S2. The van der Waals surface area contributed by atoms with Gasteiger partial charge in [0.05, 0.1) is 23.2 Å². The van der Waals surface area contributed by atoms with E-state index >= 15 is 4.39 Å². The molecule has 1 aliphatic carbocycles. The van der Waals surface area contributed by atoms with Crippen LogP contribution in [-0.4, -0.2) is 26.2 Å². The quantitative estimate of drug-likeness (QED) is 0.574. The Labute approximate surface area is 184 Å². The Morgan fingerprint density at radius 2 is 1.87 bits per heavy atom. The number of rotatable bonds is 3. The van der Waals surface area contributed by atoms with Gasteiger partial charge in [0.25, 0.3) is 0 Å². The van der Waals surface area contributed by atoms with E-state index in [1.807, 2.05) is 0 Å². The Balaban J connectivity index is 1.93. The van der Waals surface area contributed by atoms with E-state index in [1.54, 1.807) is 6.92 Å². The minimum absolute atomic E-state index is 0.00112. The molecule has 0 radical (unpaired) electrons. The Bertz CT molecular complexity index is 1100. The van der Waals surface area contributed by atoms with E-state index in [-0.39, 0.29) is 41.8 Å². The summed E-state index contributed by atoms with van der Waals surface area (Å²) >= 11 is 10.9. The molecule has 30 heavy (non-hydrogen) atoms. The van der Waals surface area contributed by atoms with Gasteiger partial charge < -0.3 is 9.47 Å². The van der Waals surface area contributed by atoms with Crippen molar-refractivity contribution in [1.29, 1.82) is 0 Å². The molecular weight excluding hydrogens is 454 g/mol. The number of thiocarbonyl (C=S) groups is 1. The van der Waals surface area contributed by atoms with Gasteiger partial charge in [-0.3, -0.25) is 0 Å². The lowest BCUT2D eigenvalue weighted by molar-refractivity contribution is 0.0480.